The molecule has 2 fully saturated rings. The molecule has 1 saturated heterocycles. The highest BCUT2D eigenvalue weighted by atomic mass is 32.2. The molecule has 9 heteroatoms. The quantitative estimate of drug-likeness (QED) is 0.405. The molecule has 158 valence electrons. The molecular formula is C21H26N6OS2. The third-order valence-electron chi connectivity index (χ3n) is 5.70. The number of morpholine rings is 1. The number of rotatable bonds is 7. The van der Waals surface area contributed by atoms with E-state index in [0.717, 1.165) is 71.4 Å². The first-order valence-corrected chi connectivity index (χ1v) is 12.1. The Hall–Kier alpha value is -1.81. The monoisotopic (exact) mass is 442 g/mol. The molecule has 0 unspecified atom stereocenters. The van der Waals surface area contributed by atoms with Crippen LogP contribution < -0.4 is 0 Å². The fraction of sp³-hybridized carbons (Fsp3) is 0.524. The Bertz CT molecular complexity index is 1080. The number of aryl methyl sites for hydroxylation is 2. The maximum Gasteiger partial charge on any atom is 0.197 e. The largest absolute Gasteiger partial charge is 0.379 e. The Morgan fingerprint density at radius 3 is 2.73 bits per heavy atom. The van der Waals surface area contributed by atoms with E-state index in [1.165, 1.54) is 23.3 Å². The molecule has 2 aliphatic rings. The van der Waals surface area contributed by atoms with Gasteiger partial charge in [0.25, 0.3) is 0 Å². The van der Waals surface area contributed by atoms with Gasteiger partial charge in [0.05, 0.1) is 19.8 Å². The zero-order valence-electron chi connectivity index (χ0n) is 17.4. The van der Waals surface area contributed by atoms with Crippen LogP contribution in [0.4, 0.5) is 0 Å². The molecule has 1 saturated carbocycles. The number of ether oxygens (including phenoxy) is 1. The lowest BCUT2D eigenvalue weighted by molar-refractivity contribution is 0.0330. The van der Waals surface area contributed by atoms with Crippen LogP contribution in [0.5, 0.6) is 0 Å². The zero-order valence-corrected chi connectivity index (χ0v) is 19.1. The fourth-order valence-corrected chi connectivity index (χ4v) is 5.91. The predicted molar refractivity (Wildman–Crippen MR) is 119 cm³/mol. The lowest BCUT2D eigenvalue weighted by Gasteiger charge is -2.25. The van der Waals surface area contributed by atoms with Gasteiger partial charge in [0.15, 0.2) is 5.16 Å². The maximum atomic E-state index is 5.48. The van der Waals surface area contributed by atoms with Crippen molar-refractivity contribution in [2.24, 2.45) is 0 Å². The van der Waals surface area contributed by atoms with E-state index in [1.807, 2.05) is 6.08 Å². The molecule has 0 aromatic carbocycles. The number of thiophene rings is 1. The molecule has 0 amide bonds. The Kier molecular flexibility index (Phi) is 5.61. The zero-order chi connectivity index (χ0) is 20.7. The molecule has 4 heterocycles. The summed E-state index contributed by atoms with van der Waals surface area (Å²) in [5, 5.41) is 12.0. The second kappa shape index (κ2) is 8.37. The fourth-order valence-electron chi connectivity index (χ4n) is 3.77. The van der Waals surface area contributed by atoms with Crippen molar-refractivity contribution in [3.63, 3.8) is 0 Å². The van der Waals surface area contributed by atoms with Crippen molar-refractivity contribution < 1.29 is 4.74 Å². The van der Waals surface area contributed by atoms with Crippen LogP contribution in [0.1, 0.15) is 40.8 Å². The summed E-state index contributed by atoms with van der Waals surface area (Å²) in [6.45, 7) is 13.1. The van der Waals surface area contributed by atoms with Gasteiger partial charge < -0.3 is 9.30 Å². The third kappa shape index (κ3) is 3.91. The molecular weight excluding hydrogens is 416 g/mol. The summed E-state index contributed by atoms with van der Waals surface area (Å²) in [4.78, 5) is 14.6. The van der Waals surface area contributed by atoms with Crippen LogP contribution in [0.25, 0.3) is 10.2 Å². The van der Waals surface area contributed by atoms with E-state index in [1.54, 1.807) is 23.1 Å². The van der Waals surface area contributed by atoms with Gasteiger partial charge in [0.2, 0.25) is 0 Å². The van der Waals surface area contributed by atoms with Crippen molar-refractivity contribution in [1.29, 1.82) is 0 Å². The maximum absolute atomic E-state index is 5.48. The summed E-state index contributed by atoms with van der Waals surface area (Å²) in [6, 6.07) is 0. The van der Waals surface area contributed by atoms with Crippen LogP contribution in [0.15, 0.2) is 22.8 Å². The molecule has 30 heavy (non-hydrogen) atoms. The standard InChI is InChI=1S/C21H26N6OS2/c1-4-7-27-18(15-5-6-15)24-25-21(27)30-20-17-13(2)14(3)29-19(17)22-16(23-20)12-26-8-10-28-11-9-26/h4,15H,1,5-12H2,2-3H3. The first kappa shape index (κ1) is 20.1. The summed E-state index contributed by atoms with van der Waals surface area (Å²) < 4.78 is 7.68. The second-order valence-electron chi connectivity index (χ2n) is 7.91. The average molecular weight is 443 g/mol. The van der Waals surface area contributed by atoms with E-state index < -0.39 is 0 Å². The second-order valence-corrected chi connectivity index (χ2v) is 10.1. The topological polar surface area (TPSA) is 69.0 Å². The number of aromatic nitrogens is 5. The third-order valence-corrected chi connectivity index (χ3v) is 7.77. The van der Waals surface area contributed by atoms with Crippen LogP contribution in [-0.4, -0.2) is 55.9 Å². The van der Waals surface area contributed by atoms with Crippen molar-refractivity contribution in [3.05, 3.63) is 34.7 Å². The van der Waals surface area contributed by atoms with Gasteiger partial charge in [-0.05, 0) is 44.0 Å². The molecule has 3 aromatic heterocycles. The predicted octanol–water partition coefficient (Wildman–Crippen LogP) is 3.95. The number of allylic oxidation sites excluding steroid dienone is 1. The SMILES string of the molecule is C=CCn1c(Sc2nc(CN3CCOCC3)nc3sc(C)c(C)c23)nnc1C1CC1. The molecule has 0 spiro atoms. The van der Waals surface area contributed by atoms with Gasteiger partial charge in [-0.2, -0.15) is 0 Å². The summed E-state index contributed by atoms with van der Waals surface area (Å²) in [6.07, 6.45) is 4.31. The van der Waals surface area contributed by atoms with Crippen LogP contribution in [0, 0.1) is 13.8 Å². The van der Waals surface area contributed by atoms with Gasteiger partial charge >= 0.3 is 0 Å². The minimum atomic E-state index is 0.541. The molecule has 3 aromatic rings. The van der Waals surface area contributed by atoms with Crippen molar-refractivity contribution in [2.45, 2.75) is 55.9 Å². The summed E-state index contributed by atoms with van der Waals surface area (Å²) in [5.74, 6) is 2.49. The Morgan fingerprint density at radius 1 is 1.20 bits per heavy atom. The highest BCUT2D eigenvalue weighted by molar-refractivity contribution is 7.99. The van der Waals surface area contributed by atoms with Gasteiger partial charge in [0, 0.05) is 35.8 Å². The van der Waals surface area contributed by atoms with E-state index in [2.05, 4.69) is 40.1 Å². The molecule has 0 N–H and O–H groups in total. The normalized spacial score (nSPS) is 17.7. The van der Waals surface area contributed by atoms with Gasteiger partial charge in [-0.1, -0.05) is 6.08 Å². The van der Waals surface area contributed by atoms with Crippen molar-refractivity contribution in [3.8, 4) is 0 Å². The number of hydrogen-bond acceptors (Lipinski definition) is 8. The summed E-state index contributed by atoms with van der Waals surface area (Å²) in [5.41, 5.74) is 1.26. The van der Waals surface area contributed by atoms with Crippen LogP contribution in [-0.2, 0) is 17.8 Å². The van der Waals surface area contributed by atoms with E-state index in [9.17, 15) is 0 Å². The molecule has 0 bridgehead atoms. The minimum absolute atomic E-state index is 0.541. The molecule has 1 aliphatic carbocycles. The molecule has 7 nitrogen and oxygen atoms in total. The molecule has 5 rings (SSSR count). The van der Waals surface area contributed by atoms with E-state index in [0.29, 0.717) is 5.92 Å². The van der Waals surface area contributed by atoms with Crippen LogP contribution in [0.2, 0.25) is 0 Å². The van der Waals surface area contributed by atoms with Crippen molar-refractivity contribution >= 4 is 33.3 Å². The van der Waals surface area contributed by atoms with Crippen molar-refractivity contribution in [1.82, 2.24) is 29.6 Å². The van der Waals surface area contributed by atoms with Gasteiger partial charge in [-0.3, -0.25) is 4.90 Å². The van der Waals surface area contributed by atoms with Crippen LogP contribution >= 0.6 is 23.1 Å². The Morgan fingerprint density at radius 2 is 2.00 bits per heavy atom. The van der Waals surface area contributed by atoms with E-state index >= 15 is 0 Å². The Labute approximate surface area is 184 Å². The lowest BCUT2D eigenvalue weighted by atomic mass is 10.2. The number of hydrogen-bond donors (Lipinski definition) is 0. The molecule has 0 atom stereocenters. The highest BCUT2D eigenvalue weighted by Crippen LogP contribution is 2.42. The minimum Gasteiger partial charge on any atom is -0.379 e. The van der Waals surface area contributed by atoms with E-state index in [4.69, 9.17) is 14.7 Å². The van der Waals surface area contributed by atoms with Gasteiger partial charge in [-0.25, -0.2) is 9.97 Å². The highest BCUT2D eigenvalue weighted by Gasteiger charge is 2.30. The van der Waals surface area contributed by atoms with E-state index in [-0.39, 0.29) is 0 Å². The molecule has 1 aliphatic heterocycles. The van der Waals surface area contributed by atoms with Gasteiger partial charge in [0.1, 0.15) is 21.5 Å². The number of nitrogens with zero attached hydrogens (tertiary/aromatic N) is 6. The van der Waals surface area contributed by atoms with Crippen molar-refractivity contribution in [2.75, 3.05) is 26.3 Å². The Balaban J connectivity index is 1.53. The number of fused-ring (bicyclic) bond motifs is 1. The van der Waals surface area contributed by atoms with Gasteiger partial charge in [-0.15, -0.1) is 28.1 Å². The summed E-state index contributed by atoms with van der Waals surface area (Å²) >= 11 is 3.35. The van der Waals surface area contributed by atoms with Crippen LogP contribution in [0.3, 0.4) is 0 Å². The first-order chi connectivity index (χ1) is 14.6. The molecule has 0 radical (unpaired) electrons. The average Bonchev–Trinajstić information content (AvgIpc) is 3.45. The lowest BCUT2D eigenvalue weighted by Crippen LogP contribution is -2.36. The summed E-state index contributed by atoms with van der Waals surface area (Å²) in [7, 11) is 0. The first-order valence-electron chi connectivity index (χ1n) is 10.4. The smallest absolute Gasteiger partial charge is 0.197 e.